The molecule has 1 aliphatic rings. The molecule has 0 saturated heterocycles. The van der Waals surface area contributed by atoms with Crippen molar-refractivity contribution in [1.29, 1.82) is 0 Å². The standard InChI is InChI=1S/C13H13NO4/c1-2-17-11(15)8-10-12(16)14-13(18-10)9-6-4-3-5-7-9/h3-7,10H,2,8H2,1H3. The number of amides is 1. The molecule has 2 rings (SSSR count). The first-order valence-electron chi connectivity index (χ1n) is 5.71. The van der Waals surface area contributed by atoms with Crippen LogP contribution >= 0.6 is 0 Å². The molecule has 0 spiro atoms. The van der Waals surface area contributed by atoms with Crippen LogP contribution in [0.2, 0.25) is 0 Å². The normalized spacial score (nSPS) is 18.2. The molecule has 0 N–H and O–H groups in total. The number of ether oxygens (including phenoxy) is 2. The number of carbonyl (C=O) groups excluding carboxylic acids is 2. The minimum atomic E-state index is -0.862. The van der Waals surface area contributed by atoms with E-state index in [2.05, 4.69) is 4.99 Å². The highest BCUT2D eigenvalue weighted by molar-refractivity contribution is 6.08. The van der Waals surface area contributed by atoms with Crippen LogP contribution in [0.3, 0.4) is 0 Å². The van der Waals surface area contributed by atoms with Gasteiger partial charge in [-0.3, -0.25) is 9.59 Å². The number of benzene rings is 1. The van der Waals surface area contributed by atoms with E-state index in [9.17, 15) is 9.59 Å². The monoisotopic (exact) mass is 247 g/mol. The van der Waals surface area contributed by atoms with E-state index in [1.165, 1.54) is 0 Å². The summed E-state index contributed by atoms with van der Waals surface area (Å²) in [6.45, 7) is 1.99. The largest absolute Gasteiger partial charge is 0.466 e. The number of esters is 1. The maximum Gasteiger partial charge on any atom is 0.310 e. The SMILES string of the molecule is CCOC(=O)CC1OC(c2ccccc2)=NC1=O. The Balaban J connectivity index is 2.01. The van der Waals surface area contributed by atoms with E-state index in [4.69, 9.17) is 9.47 Å². The maximum absolute atomic E-state index is 11.6. The summed E-state index contributed by atoms with van der Waals surface area (Å²) in [5.41, 5.74) is 0.720. The van der Waals surface area contributed by atoms with Gasteiger partial charge in [0.1, 0.15) is 0 Å². The molecule has 0 radical (unpaired) electrons. The third kappa shape index (κ3) is 2.74. The van der Waals surface area contributed by atoms with Crippen molar-refractivity contribution in [2.24, 2.45) is 4.99 Å². The van der Waals surface area contributed by atoms with E-state index in [1.54, 1.807) is 19.1 Å². The maximum atomic E-state index is 11.6. The van der Waals surface area contributed by atoms with E-state index >= 15 is 0 Å². The molecule has 1 aliphatic heterocycles. The first kappa shape index (κ1) is 12.3. The fourth-order valence-electron chi connectivity index (χ4n) is 1.60. The third-order valence-electron chi connectivity index (χ3n) is 2.42. The molecule has 0 bridgehead atoms. The zero-order valence-electron chi connectivity index (χ0n) is 9.96. The second kappa shape index (κ2) is 5.44. The van der Waals surface area contributed by atoms with Crippen LogP contribution in [-0.2, 0) is 19.1 Å². The highest BCUT2D eigenvalue weighted by atomic mass is 16.5. The van der Waals surface area contributed by atoms with E-state index in [-0.39, 0.29) is 18.9 Å². The van der Waals surface area contributed by atoms with Crippen molar-refractivity contribution >= 4 is 17.8 Å². The minimum Gasteiger partial charge on any atom is -0.466 e. The van der Waals surface area contributed by atoms with Gasteiger partial charge in [-0.1, -0.05) is 18.2 Å². The van der Waals surface area contributed by atoms with Crippen LogP contribution in [0.1, 0.15) is 18.9 Å². The molecule has 5 nitrogen and oxygen atoms in total. The van der Waals surface area contributed by atoms with Crippen LogP contribution in [0.4, 0.5) is 0 Å². The smallest absolute Gasteiger partial charge is 0.310 e. The van der Waals surface area contributed by atoms with Gasteiger partial charge in [0.05, 0.1) is 13.0 Å². The average molecular weight is 247 g/mol. The molecule has 1 unspecified atom stereocenters. The molecule has 0 saturated carbocycles. The number of rotatable bonds is 4. The molecule has 5 heteroatoms. The lowest BCUT2D eigenvalue weighted by molar-refractivity contribution is -0.147. The second-order valence-corrected chi connectivity index (χ2v) is 3.74. The van der Waals surface area contributed by atoms with Gasteiger partial charge in [0.15, 0.2) is 6.10 Å². The van der Waals surface area contributed by atoms with Gasteiger partial charge in [0.25, 0.3) is 5.91 Å². The summed E-state index contributed by atoms with van der Waals surface area (Å²) in [5.74, 6) is -0.642. The average Bonchev–Trinajstić information content (AvgIpc) is 2.72. The number of carbonyl (C=O) groups is 2. The molecule has 1 atom stereocenters. The predicted molar refractivity (Wildman–Crippen MR) is 64.1 cm³/mol. The molecular formula is C13H13NO4. The molecule has 0 aliphatic carbocycles. The molecule has 1 heterocycles. The molecule has 0 aromatic heterocycles. The number of hydrogen-bond acceptors (Lipinski definition) is 4. The van der Waals surface area contributed by atoms with Gasteiger partial charge in [-0.2, -0.15) is 4.99 Å². The van der Waals surface area contributed by atoms with Crippen molar-refractivity contribution < 1.29 is 19.1 Å². The first-order valence-corrected chi connectivity index (χ1v) is 5.71. The summed E-state index contributed by atoms with van der Waals surface area (Å²) in [5, 5.41) is 0. The van der Waals surface area contributed by atoms with Gasteiger partial charge in [0, 0.05) is 5.56 Å². The third-order valence-corrected chi connectivity index (χ3v) is 2.42. The van der Waals surface area contributed by atoms with Crippen LogP contribution in [0.15, 0.2) is 35.3 Å². The van der Waals surface area contributed by atoms with Crippen molar-refractivity contribution in [3.63, 3.8) is 0 Å². The second-order valence-electron chi connectivity index (χ2n) is 3.74. The molecular weight excluding hydrogens is 234 g/mol. The lowest BCUT2D eigenvalue weighted by Crippen LogP contribution is -2.23. The summed E-state index contributed by atoms with van der Waals surface area (Å²) in [6, 6.07) is 9.09. The van der Waals surface area contributed by atoms with Crippen molar-refractivity contribution in [3.8, 4) is 0 Å². The molecule has 18 heavy (non-hydrogen) atoms. The lowest BCUT2D eigenvalue weighted by atomic mass is 10.2. The Kier molecular flexibility index (Phi) is 3.72. The highest BCUT2D eigenvalue weighted by Gasteiger charge is 2.32. The van der Waals surface area contributed by atoms with Crippen LogP contribution in [0.5, 0.6) is 0 Å². The Morgan fingerprint density at radius 2 is 2.11 bits per heavy atom. The molecule has 1 aromatic carbocycles. The Labute approximate surface area is 104 Å². The summed E-state index contributed by atoms with van der Waals surface area (Å²) in [6.07, 6.45) is -0.966. The van der Waals surface area contributed by atoms with Crippen LogP contribution < -0.4 is 0 Å². The van der Waals surface area contributed by atoms with Gasteiger partial charge >= 0.3 is 5.97 Å². The van der Waals surface area contributed by atoms with Gasteiger partial charge in [-0.05, 0) is 19.1 Å². The molecule has 94 valence electrons. The summed E-state index contributed by atoms with van der Waals surface area (Å²) >= 11 is 0. The van der Waals surface area contributed by atoms with E-state index in [0.717, 1.165) is 5.56 Å². The van der Waals surface area contributed by atoms with Crippen molar-refractivity contribution in [2.75, 3.05) is 6.61 Å². The summed E-state index contributed by atoms with van der Waals surface area (Å²) in [7, 11) is 0. The van der Waals surface area contributed by atoms with Crippen molar-refractivity contribution in [1.82, 2.24) is 0 Å². The van der Waals surface area contributed by atoms with Crippen LogP contribution in [0.25, 0.3) is 0 Å². The zero-order chi connectivity index (χ0) is 13.0. The Hall–Kier alpha value is -2.17. The highest BCUT2D eigenvalue weighted by Crippen LogP contribution is 2.16. The van der Waals surface area contributed by atoms with E-state index < -0.39 is 18.0 Å². The fourth-order valence-corrected chi connectivity index (χ4v) is 1.60. The Morgan fingerprint density at radius 3 is 2.78 bits per heavy atom. The number of aliphatic imine (C=N–C) groups is 1. The minimum absolute atomic E-state index is 0.105. The quantitative estimate of drug-likeness (QED) is 0.752. The molecule has 1 amide bonds. The van der Waals surface area contributed by atoms with Crippen molar-refractivity contribution in [2.45, 2.75) is 19.4 Å². The summed E-state index contributed by atoms with van der Waals surface area (Å²) < 4.78 is 10.1. The summed E-state index contributed by atoms with van der Waals surface area (Å²) in [4.78, 5) is 26.7. The lowest BCUT2D eigenvalue weighted by Gasteiger charge is -2.08. The Morgan fingerprint density at radius 1 is 1.39 bits per heavy atom. The van der Waals surface area contributed by atoms with Crippen LogP contribution in [0, 0.1) is 0 Å². The van der Waals surface area contributed by atoms with Gasteiger partial charge in [0.2, 0.25) is 5.90 Å². The van der Waals surface area contributed by atoms with Gasteiger partial charge in [-0.15, -0.1) is 0 Å². The zero-order valence-corrected chi connectivity index (χ0v) is 9.96. The van der Waals surface area contributed by atoms with Gasteiger partial charge in [-0.25, -0.2) is 0 Å². The number of hydrogen-bond donors (Lipinski definition) is 0. The molecule has 0 fully saturated rings. The predicted octanol–water partition coefficient (Wildman–Crippen LogP) is 1.31. The van der Waals surface area contributed by atoms with Crippen molar-refractivity contribution in [3.05, 3.63) is 35.9 Å². The van der Waals surface area contributed by atoms with Crippen LogP contribution in [-0.4, -0.2) is 30.5 Å². The van der Waals surface area contributed by atoms with Gasteiger partial charge < -0.3 is 9.47 Å². The topological polar surface area (TPSA) is 65.0 Å². The molecule has 1 aromatic rings. The van der Waals surface area contributed by atoms with E-state index in [0.29, 0.717) is 0 Å². The number of nitrogens with zero attached hydrogens (tertiary/aromatic N) is 1. The Bertz CT molecular complexity index is 481. The fraction of sp³-hybridized carbons (Fsp3) is 0.308. The van der Waals surface area contributed by atoms with E-state index in [1.807, 2.05) is 18.2 Å². The first-order chi connectivity index (χ1) is 8.70.